The lowest BCUT2D eigenvalue weighted by Gasteiger charge is -2.31. The van der Waals surface area contributed by atoms with Crippen LogP contribution in [0.4, 0.5) is 0 Å². The number of aromatic nitrogens is 1. The summed E-state index contributed by atoms with van der Waals surface area (Å²) in [6.45, 7) is 3.59. The van der Waals surface area contributed by atoms with Crippen molar-refractivity contribution in [3.05, 3.63) is 84.2 Å². The SMILES string of the molecule is COc1ccc(OC[C@H](O)CN(Cc2cccn2Cc2ccccc2)CC2CCCCC2)cc1. The van der Waals surface area contributed by atoms with Gasteiger partial charge in [-0.25, -0.2) is 0 Å². The summed E-state index contributed by atoms with van der Waals surface area (Å²) < 4.78 is 13.4. The number of rotatable bonds is 12. The molecule has 0 aliphatic heterocycles. The van der Waals surface area contributed by atoms with Crippen LogP contribution >= 0.6 is 0 Å². The number of aliphatic hydroxyl groups excluding tert-OH is 1. The zero-order valence-corrected chi connectivity index (χ0v) is 20.3. The number of methoxy groups -OCH3 is 1. The molecule has 1 aromatic heterocycles. The van der Waals surface area contributed by atoms with E-state index in [1.165, 1.54) is 43.4 Å². The second-order valence-electron chi connectivity index (χ2n) is 9.45. The molecule has 0 saturated heterocycles. The Balaban J connectivity index is 1.38. The first-order chi connectivity index (χ1) is 16.7. The molecule has 182 valence electrons. The van der Waals surface area contributed by atoms with Gasteiger partial charge < -0.3 is 19.1 Å². The van der Waals surface area contributed by atoms with Crippen molar-refractivity contribution in [2.75, 3.05) is 26.8 Å². The molecule has 4 rings (SSSR count). The maximum atomic E-state index is 10.8. The Hall–Kier alpha value is -2.76. The van der Waals surface area contributed by atoms with Gasteiger partial charge in [0.25, 0.3) is 0 Å². The van der Waals surface area contributed by atoms with E-state index in [1.54, 1.807) is 7.11 Å². The van der Waals surface area contributed by atoms with Gasteiger partial charge in [0.2, 0.25) is 0 Å². The summed E-state index contributed by atoms with van der Waals surface area (Å²) in [7, 11) is 1.65. The number of nitrogens with zero attached hydrogens (tertiary/aromatic N) is 2. The minimum absolute atomic E-state index is 0.276. The predicted molar refractivity (Wildman–Crippen MR) is 136 cm³/mol. The first-order valence-corrected chi connectivity index (χ1v) is 12.5. The normalized spacial score (nSPS) is 15.4. The second-order valence-corrected chi connectivity index (χ2v) is 9.45. The van der Waals surface area contributed by atoms with Crippen molar-refractivity contribution in [3.63, 3.8) is 0 Å². The van der Waals surface area contributed by atoms with Gasteiger partial charge in [-0.2, -0.15) is 0 Å². The molecular weight excluding hydrogens is 424 g/mol. The van der Waals surface area contributed by atoms with Crippen molar-refractivity contribution in [1.29, 1.82) is 0 Å². The molecule has 5 nitrogen and oxygen atoms in total. The molecule has 2 aromatic carbocycles. The van der Waals surface area contributed by atoms with E-state index in [-0.39, 0.29) is 6.61 Å². The average Bonchev–Trinajstić information content (AvgIpc) is 3.30. The maximum absolute atomic E-state index is 10.8. The molecule has 0 unspecified atom stereocenters. The summed E-state index contributed by atoms with van der Waals surface area (Å²) in [5.74, 6) is 2.25. The fourth-order valence-electron chi connectivity index (χ4n) is 4.91. The first kappa shape index (κ1) is 24.4. The van der Waals surface area contributed by atoms with E-state index in [0.717, 1.165) is 31.1 Å². The third kappa shape index (κ3) is 7.37. The van der Waals surface area contributed by atoms with Crippen LogP contribution < -0.4 is 9.47 Å². The van der Waals surface area contributed by atoms with Crippen LogP contribution in [0, 0.1) is 5.92 Å². The van der Waals surface area contributed by atoms with Crippen molar-refractivity contribution >= 4 is 0 Å². The summed E-state index contributed by atoms with van der Waals surface area (Å²) in [4.78, 5) is 2.43. The molecule has 5 heteroatoms. The Bertz CT molecular complexity index is 965. The van der Waals surface area contributed by atoms with Gasteiger partial charge in [-0.15, -0.1) is 0 Å². The summed E-state index contributed by atoms with van der Waals surface area (Å²) >= 11 is 0. The van der Waals surface area contributed by atoms with Gasteiger partial charge in [-0.05, 0) is 60.7 Å². The number of hydrogen-bond donors (Lipinski definition) is 1. The van der Waals surface area contributed by atoms with Crippen molar-refractivity contribution in [2.45, 2.75) is 51.3 Å². The van der Waals surface area contributed by atoms with Crippen LogP contribution in [0.1, 0.15) is 43.4 Å². The van der Waals surface area contributed by atoms with Crippen LogP contribution in [0.5, 0.6) is 11.5 Å². The van der Waals surface area contributed by atoms with Gasteiger partial charge in [0, 0.05) is 38.1 Å². The van der Waals surface area contributed by atoms with Gasteiger partial charge in [-0.3, -0.25) is 4.90 Å². The monoisotopic (exact) mass is 462 g/mol. The molecule has 1 heterocycles. The smallest absolute Gasteiger partial charge is 0.119 e. The zero-order chi connectivity index (χ0) is 23.6. The molecule has 1 saturated carbocycles. The second kappa shape index (κ2) is 12.6. The minimum Gasteiger partial charge on any atom is -0.497 e. The summed E-state index contributed by atoms with van der Waals surface area (Å²) in [5.41, 5.74) is 2.58. The highest BCUT2D eigenvalue weighted by atomic mass is 16.5. The van der Waals surface area contributed by atoms with Crippen LogP contribution in [0.15, 0.2) is 72.9 Å². The van der Waals surface area contributed by atoms with Crippen LogP contribution in [-0.4, -0.2) is 47.5 Å². The standard InChI is InChI=1S/C29H38N2O3/c1-33-28-14-16-29(17-15-28)34-23-27(32)22-30(19-24-9-4-2-5-10-24)21-26-13-8-18-31(26)20-25-11-6-3-7-12-25/h3,6-8,11-18,24,27,32H,2,4-5,9-10,19-23H2,1H3/t27-/m1/s1. The van der Waals surface area contributed by atoms with Crippen molar-refractivity contribution in [1.82, 2.24) is 9.47 Å². The molecule has 34 heavy (non-hydrogen) atoms. The number of hydrogen-bond acceptors (Lipinski definition) is 4. The molecule has 1 aliphatic rings. The summed E-state index contributed by atoms with van der Waals surface area (Å²) in [5, 5.41) is 10.8. The number of ether oxygens (including phenoxy) is 2. The average molecular weight is 463 g/mol. The summed E-state index contributed by atoms with van der Waals surface area (Å²) in [6, 6.07) is 22.4. The molecule has 0 spiro atoms. The Morgan fingerprint density at radius 3 is 2.41 bits per heavy atom. The Labute approximate surface area is 203 Å². The minimum atomic E-state index is -0.553. The van der Waals surface area contributed by atoms with E-state index in [4.69, 9.17) is 9.47 Å². The Morgan fingerprint density at radius 1 is 0.941 bits per heavy atom. The fourth-order valence-corrected chi connectivity index (χ4v) is 4.91. The topological polar surface area (TPSA) is 46.9 Å². The van der Waals surface area contributed by atoms with Gasteiger partial charge in [0.15, 0.2) is 0 Å². The van der Waals surface area contributed by atoms with E-state index in [1.807, 2.05) is 24.3 Å². The zero-order valence-electron chi connectivity index (χ0n) is 20.3. The van der Waals surface area contributed by atoms with Gasteiger partial charge in [-0.1, -0.05) is 49.6 Å². The molecular formula is C29H38N2O3. The van der Waals surface area contributed by atoms with Crippen molar-refractivity contribution in [3.8, 4) is 11.5 Å². The Morgan fingerprint density at radius 2 is 1.68 bits per heavy atom. The first-order valence-electron chi connectivity index (χ1n) is 12.5. The molecule has 1 fully saturated rings. The quantitative estimate of drug-likeness (QED) is 0.393. The van der Waals surface area contributed by atoms with Crippen LogP contribution in [0.3, 0.4) is 0 Å². The van der Waals surface area contributed by atoms with E-state index in [0.29, 0.717) is 12.5 Å². The highest BCUT2D eigenvalue weighted by Gasteiger charge is 2.21. The molecule has 1 N–H and O–H groups in total. The van der Waals surface area contributed by atoms with Gasteiger partial charge in [0.1, 0.15) is 24.2 Å². The van der Waals surface area contributed by atoms with Crippen LogP contribution in [0.25, 0.3) is 0 Å². The molecule has 3 aromatic rings. The highest BCUT2D eigenvalue weighted by Crippen LogP contribution is 2.25. The molecule has 1 aliphatic carbocycles. The van der Waals surface area contributed by atoms with Crippen LogP contribution in [0.2, 0.25) is 0 Å². The predicted octanol–water partition coefficient (Wildman–Crippen LogP) is 5.37. The lowest BCUT2D eigenvalue weighted by molar-refractivity contribution is 0.0560. The lowest BCUT2D eigenvalue weighted by Crippen LogP contribution is -2.39. The highest BCUT2D eigenvalue weighted by molar-refractivity contribution is 5.31. The molecule has 0 amide bonds. The van der Waals surface area contributed by atoms with E-state index in [2.05, 4.69) is 58.1 Å². The fraction of sp³-hybridized carbons (Fsp3) is 0.448. The van der Waals surface area contributed by atoms with Gasteiger partial charge in [0.05, 0.1) is 7.11 Å². The third-order valence-corrected chi connectivity index (χ3v) is 6.72. The van der Waals surface area contributed by atoms with E-state index < -0.39 is 6.10 Å². The van der Waals surface area contributed by atoms with E-state index in [9.17, 15) is 5.11 Å². The van der Waals surface area contributed by atoms with E-state index >= 15 is 0 Å². The Kier molecular flexibility index (Phi) is 9.05. The maximum Gasteiger partial charge on any atom is 0.119 e. The number of benzene rings is 2. The number of aliphatic hydroxyl groups is 1. The lowest BCUT2D eigenvalue weighted by atomic mass is 9.89. The largest absolute Gasteiger partial charge is 0.497 e. The van der Waals surface area contributed by atoms with Gasteiger partial charge >= 0.3 is 0 Å². The van der Waals surface area contributed by atoms with Crippen molar-refractivity contribution in [2.24, 2.45) is 5.92 Å². The molecule has 0 radical (unpaired) electrons. The third-order valence-electron chi connectivity index (χ3n) is 6.72. The molecule has 1 atom stereocenters. The van der Waals surface area contributed by atoms with Crippen molar-refractivity contribution < 1.29 is 14.6 Å². The summed E-state index contributed by atoms with van der Waals surface area (Å²) in [6.07, 6.45) is 8.19. The molecule has 0 bridgehead atoms. The van der Waals surface area contributed by atoms with Crippen LogP contribution in [-0.2, 0) is 13.1 Å².